The molecule has 7 nitrogen and oxygen atoms in total. The van der Waals surface area contributed by atoms with Gasteiger partial charge in [-0.1, -0.05) is 20.8 Å². The highest BCUT2D eigenvalue weighted by atomic mass is 16.6. The number of carbonyl (C=O) groups excluding carboxylic acids is 1. The fourth-order valence-electron chi connectivity index (χ4n) is 1.25. The Morgan fingerprint density at radius 1 is 1.56 bits per heavy atom. The summed E-state index contributed by atoms with van der Waals surface area (Å²) in [5.74, 6) is -0.523. The lowest BCUT2D eigenvalue weighted by Crippen LogP contribution is -2.41. The van der Waals surface area contributed by atoms with E-state index in [1.54, 1.807) is 0 Å². The topological polar surface area (TPSA) is 90.1 Å². The van der Waals surface area contributed by atoms with Crippen molar-refractivity contribution in [3.63, 3.8) is 0 Å². The molecule has 1 heterocycles. The second-order valence-corrected chi connectivity index (χ2v) is 5.35. The number of rotatable bonds is 3. The summed E-state index contributed by atoms with van der Waals surface area (Å²) in [5.41, 5.74) is -0.561. The first-order valence-corrected chi connectivity index (χ1v) is 5.62. The van der Waals surface area contributed by atoms with Gasteiger partial charge in [0.15, 0.2) is 0 Å². The summed E-state index contributed by atoms with van der Waals surface area (Å²) in [7, 11) is 1.54. The molecule has 1 aromatic rings. The Labute approximate surface area is 105 Å². The van der Waals surface area contributed by atoms with Gasteiger partial charge in [-0.2, -0.15) is 5.10 Å². The maximum absolute atomic E-state index is 11.9. The van der Waals surface area contributed by atoms with Gasteiger partial charge in [-0.3, -0.25) is 19.6 Å². The van der Waals surface area contributed by atoms with E-state index in [9.17, 15) is 14.9 Å². The summed E-state index contributed by atoms with van der Waals surface area (Å²) in [4.78, 5) is 22.1. The summed E-state index contributed by atoms with van der Waals surface area (Å²) in [5, 5.41) is 17.3. The SMILES string of the molecule is C[C@H](NC(=O)c1nn(C)cc1[N+](=O)[O-])C(C)(C)C. The third-order valence-corrected chi connectivity index (χ3v) is 2.87. The normalized spacial score (nSPS) is 13.2. The number of hydrogen-bond acceptors (Lipinski definition) is 4. The molecule has 0 aliphatic heterocycles. The number of aryl methyl sites for hydroxylation is 1. The van der Waals surface area contributed by atoms with Crippen LogP contribution in [0.5, 0.6) is 0 Å². The predicted molar refractivity (Wildman–Crippen MR) is 66.2 cm³/mol. The zero-order valence-electron chi connectivity index (χ0n) is 11.2. The molecule has 0 fully saturated rings. The van der Waals surface area contributed by atoms with Crippen molar-refractivity contribution in [2.24, 2.45) is 12.5 Å². The molecule has 0 aromatic carbocycles. The van der Waals surface area contributed by atoms with Crippen molar-refractivity contribution in [1.29, 1.82) is 0 Å². The molecule has 1 rings (SSSR count). The van der Waals surface area contributed by atoms with E-state index in [-0.39, 0.29) is 22.8 Å². The summed E-state index contributed by atoms with van der Waals surface area (Å²) in [6.45, 7) is 7.78. The Morgan fingerprint density at radius 2 is 2.11 bits per heavy atom. The molecule has 100 valence electrons. The number of nitrogens with zero attached hydrogens (tertiary/aromatic N) is 3. The van der Waals surface area contributed by atoms with E-state index in [2.05, 4.69) is 10.4 Å². The molecule has 0 aliphatic rings. The van der Waals surface area contributed by atoms with Crippen LogP contribution in [0.3, 0.4) is 0 Å². The van der Waals surface area contributed by atoms with Crippen molar-refractivity contribution in [2.75, 3.05) is 0 Å². The van der Waals surface area contributed by atoms with Gasteiger partial charge in [-0.25, -0.2) is 0 Å². The maximum Gasteiger partial charge on any atom is 0.320 e. The molecular formula is C11H18N4O3. The fourth-order valence-corrected chi connectivity index (χ4v) is 1.25. The van der Waals surface area contributed by atoms with Gasteiger partial charge in [-0.15, -0.1) is 0 Å². The molecule has 0 radical (unpaired) electrons. The molecule has 1 N–H and O–H groups in total. The first-order chi connectivity index (χ1) is 8.12. The highest BCUT2D eigenvalue weighted by Gasteiger charge is 2.28. The van der Waals surface area contributed by atoms with Gasteiger partial charge < -0.3 is 5.32 Å². The van der Waals surface area contributed by atoms with Crippen LogP contribution in [-0.4, -0.2) is 26.7 Å². The van der Waals surface area contributed by atoms with Crippen molar-refractivity contribution in [1.82, 2.24) is 15.1 Å². The van der Waals surface area contributed by atoms with Gasteiger partial charge in [0, 0.05) is 13.1 Å². The quantitative estimate of drug-likeness (QED) is 0.653. The lowest BCUT2D eigenvalue weighted by atomic mass is 9.88. The van der Waals surface area contributed by atoms with Crippen molar-refractivity contribution < 1.29 is 9.72 Å². The van der Waals surface area contributed by atoms with E-state index in [0.717, 1.165) is 0 Å². The minimum absolute atomic E-state index is 0.119. The molecule has 0 unspecified atom stereocenters. The van der Waals surface area contributed by atoms with Crippen LogP contribution >= 0.6 is 0 Å². The molecule has 7 heteroatoms. The van der Waals surface area contributed by atoms with E-state index >= 15 is 0 Å². The Morgan fingerprint density at radius 3 is 2.56 bits per heavy atom. The Bertz CT molecular complexity index is 473. The third kappa shape index (κ3) is 3.06. The average Bonchev–Trinajstić information content (AvgIpc) is 2.58. The number of aromatic nitrogens is 2. The molecule has 0 spiro atoms. The van der Waals surface area contributed by atoms with Crippen LogP contribution in [0.4, 0.5) is 5.69 Å². The van der Waals surface area contributed by atoms with Gasteiger partial charge in [0.05, 0.1) is 4.92 Å². The number of amides is 1. The van der Waals surface area contributed by atoms with Crippen LogP contribution in [0, 0.1) is 15.5 Å². The van der Waals surface area contributed by atoms with Crippen molar-refractivity contribution in [3.8, 4) is 0 Å². The Balaban J connectivity index is 2.95. The van der Waals surface area contributed by atoms with Crippen LogP contribution in [0.2, 0.25) is 0 Å². The molecule has 1 atom stereocenters. The van der Waals surface area contributed by atoms with E-state index in [1.165, 1.54) is 17.9 Å². The lowest BCUT2D eigenvalue weighted by Gasteiger charge is -2.27. The number of nitro groups is 1. The Kier molecular flexibility index (Phi) is 3.73. The zero-order valence-corrected chi connectivity index (χ0v) is 11.2. The zero-order chi connectivity index (χ0) is 14.1. The summed E-state index contributed by atoms with van der Waals surface area (Å²) >= 11 is 0. The standard InChI is InChI=1S/C11H18N4O3/c1-7(11(2,3)4)12-10(16)9-8(15(17)18)6-14(5)13-9/h6-7H,1-5H3,(H,12,16)/t7-/m0/s1. The first kappa shape index (κ1) is 14.1. The van der Waals surface area contributed by atoms with Gasteiger partial charge >= 0.3 is 5.69 Å². The highest BCUT2D eigenvalue weighted by Crippen LogP contribution is 2.20. The molecule has 0 saturated carbocycles. The molecule has 0 bridgehead atoms. The number of carbonyl (C=O) groups is 1. The second-order valence-electron chi connectivity index (χ2n) is 5.35. The van der Waals surface area contributed by atoms with Gasteiger partial charge in [0.2, 0.25) is 5.69 Å². The third-order valence-electron chi connectivity index (χ3n) is 2.87. The van der Waals surface area contributed by atoms with Gasteiger partial charge in [0.1, 0.15) is 6.20 Å². The minimum Gasteiger partial charge on any atom is -0.347 e. The highest BCUT2D eigenvalue weighted by molar-refractivity contribution is 5.96. The average molecular weight is 254 g/mol. The number of nitrogens with one attached hydrogen (secondary N) is 1. The summed E-state index contributed by atoms with van der Waals surface area (Å²) in [6.07, 6.45) is 1.22. The van der Waals surface area contributed by atoms with E-state index < -0.39 is 10.8 Å². The van der Waals surface area contributed by atoms with Crippen LogP contribution < -0.4 is 5.32 Å². The van der Waals surface area contributed by atoms with Crippen LogP contribution in [0.15, 0.2) is 6.20 Å². The summed E-state index contributed by atoms with van der Waals surface area (Å²) in [6, 6.07) is -0.119. The fraction of sp³-hybridized carbons (Fsp3) is 0.636. The largest absolute Gasteiger partial charge is 0.347 e. The molecule has 0 saturated heterocycles. The van der Waals surface area contributed by atoms with Crippen LogP contribution in [0.25, 0.3) is 0 Å². The maximum atomic E-state index is 11.9. The van der Waals surface area contributed by atoms with Crippen molar-refractivity contribution in [3.05, 3.63) is 22.0 Å². The second kappa shape index (κ2) is 4.75. The molecule has 18 heavy (non-hydrogen) atoms. The van der Waals surface area contributed by atoms with Crippen LogP contribution in [0.1, 0.15) is 38.2 Å². The first-order valence-electron chi connectivity index (χ1n) is 5.62. The smallest absolute Gasteiger partial charge is 0.320 e. The molecular weight excluding hydrogens is 236 g/mol. The predicted octanol–water partition coefficient (Wildman–Crippen LogP) is 1.49. The van der Waals surface area contributed by atoms with Gasteiger partial charge in [0.25, 0.3) is 5.91 Å². The minimum atomic E-state index is -0.607. The lowest BCUT2D eigenvalue weighted by molar-refractivity contribution is -0.385. The Hall–Kier alpha value is -1.92. The van der Waals surface area contributed by atoms with Gasteiger partial charge in [-0.05, 0) is 12.3 Å². The van der Waals surface area contributed by atoms with E-state index in [4.69, 9.17) is 0 Å². The monoisotopic (exact) mass is 254 g/mol. The van der Waals surface area contributed by atoms with Crippen molar-refractivity contribution >= 4 is 11.6 Å². The summed E-state index contributed by atoms with van der Waals surface area (Å²) < 4.78 is 1.26. The van der Waals surface area contributed by atoms with Crippen LogP contribution in [-0.2, 0) is 7.05 Å². The molecule has 1 aromatic heterocycles. The van der Waals surface area contributed by atoms with E-state index in [0.29, 0.717) is 0 Å². The van der Waals surface area contributed by atoms with Crippen molar-refractivity contribution in [2.45, 2.75) is 33.7 Å². The van der Waals surface area contributed by atoms with E-state index in [1.807, 2.05) is 27.7 Å². The molecule has 1 amide bonds. The number of hydrogen-bond donors (Lipinski definition) is 1. The molecule has 0 aliphatic carbocycles.